The third-order valence-corrected chi connectivity index (χ3v) is 1.58. The van der Waals surface area contributed by atoms with Gasteiger partial charge >= 0.3 is 0 Å². The Morgan fingerprint density at radius 1 is 1.91 bits per heavy atom. The fourth-order valence-electron chi connectivity index (χ4n) is 1.07. The molecule has 1 aliphatic rings. The summed E-state index contributed by atoms with van der Waals surface area (Å²) >= 11 is 0. The largest absolute Gasteiger partial charge is 0.386 e. The highest BCUT2D eigenvalue weighted by molar-refractivity contribution is 5.53. The van der Waals surface area contributed by atoms with E-state index in [1.807, 2.05) is 6.92 Å². The molecule has 0 spiro atoms. The molecule has 62 valence electrons. The first-order chi connectivity index (χ1) is 5.29. The van der Waals surface area contributed by atoms with E-state index in [2.05, 4.69) is 0 Å². The number of rotatable bonds is 2. The Balaban J connectivity index is 2.62. The van der Waals surface area contributed by atoms with Crippen molar-refractivity contribution in [2.75, 3.05) is 13.2 Å². The molecule has 0 aliphatic carbocycles. The van der Waals surface area contributed by atoms with E-state index in [0.29, 0.717) is 19.6 Å². The third kappa shape index (κ3) is 1.60. The molecular formula is C7H11NO3. The molecule has 1 atom stereocenters. The standard InChI is InChI=1S/C7H11NO3/c1-2-11-8-4-3-7(10)6(8)5-9/h7,10H,2-4H2,1H3. The van der Waals surface area contributed by atoms with Gasteiger partial charge in [0, 0.05) is 6.54 Å². The van der Waals surface area contributed by atoms with Gasteiger partial charge in [-0.15, -0.1) is 0 Å². The Hall–Kier alpha value is -0.830. The summed E-state index contributed by atoms with van der Waals surface area (Å²) in [5.41, 5.74) is 0.215. The van der Waals surface area contributed by atoms with Gasteiger partial charge in [0.1, 0.15) is 6.10 Å². The lowest BCUT2D eigenvalue weighted by Gasteiger charge is -2.15. The Labute approximate surface area is 65.0 Å². The van der Waals surface area contributed by atoms with E-state index in [-0.39, 0.29) is 5.70 Å². The van der Waals surface area contributed by atoms with E-state index in [0.717, 1.165) is 0 Å². The minimum absolute atomic E-state index is 0.215. The van der Waals surface area contributed by atoms with Crippen LogP contribution < -0.4 is 0 Å². The van der Waals surface area contributed by atoms with Gasteiger partial charge in [0.25, 0.3) is 0 Å². The van der Waals surface area contributed by atoms with Gasteiger partial charge in [-0.2, -0.15) is 0 Å². The Bertz CT molecular complexity index is 184. The summed E-state index contributed by atoms with van der Waals surface area (Å²) in [4.78, 5) is 15.3. The molecule has 11 heavy (non-hydrogen) atoms. The van der Waals surface area contributed by atoms with Crippen LogP contribution in [0.1, 0.15) is 13.3 Å². The van der Waals surface area contributed by atoms with Crippen LogP contribution in [0.15, 0.2) is 5.70 Å². The normalized spacial score (nSPS) is 24.0. The number of hydrogen-bond acceptors (Lipinski definition) is 4. The molecule has 1 N–H and O–H groups in total. The first kappa shape index (κ1) is 8.27. The van der Waals surface area contributed by atoms with Crippen molar-refractivity contribution in [1.82, 2.24) is 5.06 Å². The van der Waals surface area contributed by atoms with Gasteiger partial charge in [-0.3, -0.25) is 4.84 Å². The summed E-state index contributed by atoms with van der Waals surface area (Å²) in [5.74, 6) is 1.67. The summed E-state index contributed by atoms with van der Waals surface area (Å²) in [7, 11) is 0. The van der Waals surface area contributed by atoms with Crippen molar-refractivity contribution in [3.8, 4) is 0 Å². The number of aliphatic hydroxyl groups is 1. The second-order valence-corrected chi connectivity index (χ2v) is 2.31. The van der Waals surface area contributed by atoms with Crippen molar-refractivity contribution < 1.29 is 14.7 Å². The zero-order valence-corrected chi connectivity index (χ0v) is 6.41. The second kappa shape index (κ2) is 3.53. The summed E-state index contributed by atoms with van der Waals surface area (Å²) in [5, 5.41) is 10.6. The maximum atomic E-state index is 10.3. The number of hydroxylamine groups is 2. The lowest BCUT2D eigenvalue weighted by molar-refractivity contribution is -0.115. The van der Waals surface area contributed by atoms with Crippen molar-refractivity contribution in [2.24, 2.45) is 0 Å². The average molecular weight is 157 g/mol. The molecule has 0 aromatic heterocycles. The predicted octanol–water partition coefficient (Wildman–Crippen LogP) is -0.280. The molecule has 1 fully saturated rings. The fraction of sp³-hybridized carbons (Fsp3) is 0.714. The second-order valence-electron chi connectivity index (χ2n) is 2.31. The summed E-state index contributed by atoms with van der Waals surface area (Å²) < 4.78 is 0. The molecule has 4 nitrogen and oxygen atoms in total. The zero-order chi connectivity index (χ0) is 8.27. The maximum absolute atomic E-state index is 10.3. The summed E-state index contributed by atoms with van der Waals surface area (Å²) in [6.07, 6.45) is -0.149. The number of carbonyl (C=O) groups excluding carboxylic acids is 1. The van der Waals surface area contributed by atoms with Crippen LogP contribution in [0.3, 0.4) is 0 Å². The van der Waals surface area contributed by atoms with E-state index in [4.69, 9.17) is 9.94 Å². The molecule has 0 radical (unpaired) electrons. The Morgan fingerprint density at radius 2 is 2.64 bits per heavy atom. The first-order valence-electron chi connectivity index (χ1n) is 3.63. The van der Waals surface area contributed by atoms with Crippen LogP contribution in [0.2, 0.25) is 0 Å². The number of hydrogen-bond donors (Lipinski definition) is 1. The van der Waals surface area contributed by atoms with Crippen LogP contribution in [0.25, 0.3) is 0 Å². The van der Waals surface area contributed by atoms with Crippen LogP contribution in [-0.2, 0) is 9.63 Å². The molecule has 0 saturated carbocycles. The monoisotopic (exact) mass is 157 g/mol. The van der Waals surface area contributed by atoms with Crippen molar-refractivity contribution in [3.05, 3.63) is 5.70 Å². The van der Waals surface area contributed by atoms with Gasteiger partial charge in [0.15, 0.2) is 11.6 Å². The average Bonchev–Trinajstić information content (AvgIpc) is 2.33. The molecular weight excluding hydrogens is 146 g/mol. The highest BCUT2D eigenvalue weighted by Crippen LogP contribution is 2.18. The Kier molecular flexibility index (Phi) is 2.65. The third-order valence-electron chi connectivity index (χ3n) is 1.58. The maximum Gasteiger partial charge on any atom is 0.153 e. The van der Waals surface area contributed by atoms with Crippen LogP contribution in [0.4, 0.5) is 0 Å². The van der Waals surface area contributed by atoms with Gasteiger partial charge < -0.3 is 5.11 Å². The van der Waals surface area contributed by atoms with Gasteiger partial charge in [0.2, 0.25) is 0 Å². The van der Waals surface area contributed by atoms with Crippen molar-refractivity contribution in [3.63, 3.8) is 0 Å². The minimum Gasteiger partial charge on any atom is -0.386 e. The molecule has 1 saturated heterocycles. The van der Waals surface area contributed by atoms with Crippen LogP contribution in [-0.4, -0.2) is 35.4 Å². The molecule has 0 amide bonds. The minimum atomic E-state index is -0.695. The SMILES string of the molecule is CCON1CCC(O)C1=C=O. The van der Waals surface area contributed by atoms with Gasteiger partial charge in [0.05, 0.1) is 6.61 Å². The lowest BCUT2D eigenvalue weighted by atomic mass is 10.3. The smallest absolute Gasteiger partial charge is 0.153 e. The molecule has 4 heteroatoms. The predicted molar refractivity (Wildman–Crippen MR) is 38.2 cm³/mol. The van der Waals surface area contributed by atoms with Crippen LogP contribution >= 0.6 is 0 Å². The van der Waals surface area contributed by atoms with Gasteiger partial charge in [-0.05, 0) is 13.3 Å². The van der Waals surface area contributed by atoms with E-state index < -0.39 is 6.10 Å². The summed E-state index contributed by atoms with van der Waals surface area (Å²) in [6.45, 7) is 2.89. The zero-order valence-electron chi connectivity index (χ0n) is 6.41. The highest BCUT2D eigenvalue weighted by atomic mass is 16.7. The van der Waals surface area contributed by atoms with E-state index >= 15 is 0 Å². The van der Waals surface area contributed by atoms with E-state index in [1.54, 1.807) is 5.94 Å². The van der Waals surface area contributed by atoms with Crippen molar-refractivity contribution in [1.29, 1.82) is 0 Å². The summed E-state index contributed by atoms with van der Waals surface area (Å²) in [6, 6.07) is 0. The molecule has 0 aromatic rings. The van der Waals surface area contributed by atoms with Gasteiger partial charge in [-0.25, -0.2) is 9.86 Å². The molecule has 1 unspecified atom stereocenters. The highest BCUT2D eigenvalue weighted by Gasteiger charge is 2.27. The Morgan fingerprint density at radius 3 is 3.18 bits per heavy atom. The van der Waals surface area contributed by atoms with Crippen LogP contribution in [0, 0.1) is 0 Å². The quantitative estimate of drug-likeness (QED) is 0.560. The molecule has 0 aromatic carbocycles. The fourth-order valence-corrected chi connectivity index (χ4v) is 1.07. The van der Waals surface area contributed by atoms with E-state index in [1.165, 1.54) is 5.06 Å². The van der Waals surface area contributed by atoms with Crippen molar-refractivity contribution in [2.45, 2.75) is 19.4 Å². The van der Waals surface area contributed by atoms with Crippen LogP contribution in [0.5, 0.6) is 0 Å². The molecule has 1 aliphatic heterocycles. The molecule has 1 heterocycles. The van der Waals surface area contributed by atoms with Crippen molar-refractivity contribution >= 4 is 5.94 Å². The topological polar surface area (TPSA) is 49.8 Å². The molecule has 1 rings (SSSR count). The molecule has 0 bridgehead atoms. The lowest BCUT2D eigenvalue weighted by Crippen LogP contribution is -2.20. The number of aliphatic hydroxyl groups excluding tert-OH is 1. The van der Waals surface area contributed by atoms with E-state index in [9.17, 15) is 4.79 Å². The number of nitrogens with zero attached hydrogens (tertiary/aromatic N) is 1. The van der Waals surface area contributed by atoms with Gasteiger partial charge in [-0.1, -0.05) is 0 Å². The first-order valence-corrected chi connectivity index (χ1v) is 3.63.